The van der Waals surface area contributed by atoms with Crippen LogP contribution in [0.1, 0.15) is 36.5 Å². The summed E-state index contributed by atoms with van der Waals surface area (Å²) in [5.74, 6) is 0. The minimum Gasteiger partial charge on any atom is -0.293 e. The highest BCUT2D eigenvalue weighted by Gasteiger charge is 2.24. The van der Waals surface area contributed by atoms with Crippen molar-refractivity contribution in [3.05, 3.63) is 59.2 Å². The van der Waals surface area contributed by atoms with Crippen molar-refractivity contribution in [2.45, 2.75) is 29.6 Å². The predicted molar refractivity (Wildman–Crippen MR) is 94.6 cm³/mol. The van der Waals surface area contributed by atoms with Crippen LogP contribution in [0.5, 0.6) is 0 Å². The molecule has 0 radical (unpaired) electrons. The van der Waals surface area contributed by atoms with Crippen LogP contribution in [0.3, 0.4) is 0 Å². The number of hydrogen-bond acceptors (Lipinski definition) is 3. The summed E-state index contributed by atoms with van der Waals surface area (Å²) in [7, 11) is -3.52. The van der Waals surface area contributed by atoms with Gasteiger partial charge in [-0.3, -0.25) is 4.99 Å². The molecule has 0 amide bonds. The molecule has 0 bridgehead atoms. The lowest BCUT2D eigenvalue weighted by molar-refractivity contribution is 0.596. The molecule has 1 aliphatic heterocycles. The lowest BCUT2D eigenvalue weighted by Crippen LogP contribution is -2.05. The lowest BCUT2D eigenvalue weighted by Gasteiger charge is -2.08. The van der Waals surface area contributed by atoms with Crippen LogP contribution >= 0.6 is 0 Å². The van der Waals surface area contributed by atoms with Gasteiger partial charge in [0.1, 0.15) is 0 Å². The van der Waals surface area contributed by atoms with E-state index >= 15 is 0 Å². The highest BCUT2D eigenvalue weighted by molar-refractivity contribution is 7.91. The number of rotatable bonds is 4. The molecule has 4 heteroatoms. The molecule has 2 aromatic carbocycles. The molecule has 0 saturated heterocycles. The molecular formula is C19H19NO2S. The molecular weight excluding hydrogens is 306 g/mol. The molecule has 1 aliphatic rings. The summed E-state index contributed by atoms with van der Waals surface area (Å²) < 4.78 is 25.9. The molecule has 3 rings (SSSR count). The van der Waals surface area contributed by atoms with Gasteiger partial charge in [-0.1, -0.05) is 55.8 Å². The maximum atomic E-state index is 13.0. The topological polar surface area (TPSA) is 46.5 Å². The van der Waals surface area contributed by atoms with Gasteiger partial charge in [-0.15, -0.1) is 0 Å². The fourth-order valence-corrected chi connectivity index (χ4v) is 4.26. The number of hydrogen-bond donors (Lipinski definition) is 0. The second-order valence-electron chi connectivity index (χ2n) is 5.56. The van der Waals surface area contributed by atoms with Gasteiger partial charge in [0, 0.05) is 12.8 Å². The number of benzene rings is 2. The van der Waals surface area contributed by atoms with Gasteiger partial charge in [0.05, 0.1) is 9.79 Å². The van der Waals surface area contributed by atoms with Crippen LogP contribution in [0.25, 0.3) is 12.2 Å². The first-order valence-corrected chi connectivity index (χ1v) is 9.27. The second kappa shape index (κ2) is 6.50. The van der Waals surface area contributed by atoms with Crippen molar-refractivity contribution < 1.29 is 8.42 Å². The standard InChI is InChI=1S/C19H19NO2S/c1-2-3-12-20-14-15-8-9-17-11-10-16-6-4-5-7-18(16)23(21,22)19(17)13-15/h4-11,13-14H,2-3,12H2,1H3/b20-14+. The van der Waals surface area contributed by atoms with E-state index in [1.807, 2.05) is 36.4 Å². The Morgan fingerprint density at radius 2 is 1.74 bits per heavy atom. The Balaban J connectivity index is 2.06. The summed E-state index contributed by atoms with van der Waals surface area (Å²) in [5, 5.41) is 0. The first-order valence-electron chi connectivity index (χ1n) is 7.79. The third-order valence-electron chi connectivity index (χ3n) is 3.86. The second-order valence-corrected chi connectivity index (χ2v) is 7.45. The fourth-order valence-electron chi connectivity index (χ4n) is 2.58. The summed E-state index contributed by atoms with van der Waals surface area (Å²) >= 11 is 0. The molecule has 3 nitrogen and oxygen atoms in total. The molecule has 23 heavy (non-hydrogen) atoms. The number of unbranched alkanes of at least 4 members (excludes halogenated alkanes) is 1. The van der Waals surface area contributed by atoms with Gasteiger partial charge < -0.3 is 0 Å². The smallest absolute Gasteiger partial charge is 0.207 e. The van der Waals surface area contributed by atoms with Crippen molar-refractivity contribution in [1.29, 1.82) is 0 Å². The average molecular weight is 325 g/mol. The van der Waals surface area contributed by atoms with E-state index in [0.717, 1.165) is 30.5 Å². The Kier molecular flexibility index (Phi) is 4.44. The quantitative estimate of drug-likeness (QED) is 0.532. The van der Waals surface area contributed by atoms with Crippen LogP contribution in [0.2, 0.25) is 0 Å². The van der Waals surface area contributed by atoms with Crippen molar-refractivity contribution >= 4 is 28.2 Å². The first kappa shape index (κ1) is 15.7. The van der Waals surface area contributed by atoms with Crippen molar-refractivity contribution in [1.82, 2.24) is 0 Å². The minimum atomic E-state index is -3.52. The van der Waals surface area contributed by atoms with Crippen molar-refractivity contribution in [2.24, 2.45) is 4.99 Å². The maximum absolute atomic E-state index is 13.0. The molecule has 0 unspecified atom stereocenters. The van der Waals surface area contributed by atoms with Gasteiger partial charge in [0.2, 0.25) is 9.84 Å². The van der Waals surface area contributed by atoms with Gasteiger partial charge in [0.15, 0.2) is 0 Å². The SMILES string of the molecule is CCCC/N=C/c1ccc2c(c1)S(=O)(=O)c1ccccc1C=C2. The summed E-state index contributed by atoms with van der Waals surface area (Å²) in [6, 6.07) is 12.5. The van der Waals surface area contributed by atoms with Crippen LogP contribution in [0, 0.1) is 0 Å². The Labute approximate surface area is 137 Å². The average Bonchev–Trinajstić information content (AvgIpc) is 2.67. The van der Waals surface area contributed by atoms with Gasteiger partial charge >= 0.3 is 0 Å². The summed E-state index contributed by atoms with van der Waals surface area (Å²) in [5.41, 5.74) is 2.25. The molecule has 0 saturated carbocycles. The largest absolute Gasteiger partial charge is 0.293 e. The van der Waals surface area contributed by atoms with Crippen LogP contribution in [-0.2, 0) is 9.84 Å². The summed E-state index contributed by atoms with van der Waals surface area (Å²) in [6.07, 6.45) is 7.60. The molecule has 0 spiro atoms. The van der Waals surface area contributed by atoms with Crippen molar-refractivity contribution in [2.75, 3.05) is 6.54 Å². The van der Waals surface area contributed by atoms with Crippen LogP contribution in [0.15, 0.2) is 57.2 Å². The summed E-state index contributed by atoms with van der Waals surface area (Å²) in [4.78, 5) is 5.06. The predicted octanol–water partition coefficient (Wildman–Crippen LogP) is 4.22. The van der Waals surface area contributed by atoms with Crippen LogP contribution < -0.4 is 0 Å². The molecule has 0 fully saturated rings. The van der Waals surface area contributed by atoms with Gasteiger partial charge in [-0.2, -0.15) is 0 Å². The normalized spacial score (nSPS) is 15.2. The first-order chi connectivity index (χ1) is 11.1. The zero-order valence-electron chi connectivity index (χ0n) is 13.1. The maximum Gasteiger partial charge on any atom is 0.207 e. The highest BCUT2D eigenvalue weighted by atomic mass is 32.2. The van der Waals surface area contributed by atoms with Gasteiger partial charge in [0.25, 0.3) is 0 Å². The van der Waals surface area contributed by atoms with Crippen LogP contribution in [-0.4, -0.2) is 21.2 Å². The third kappa shape index (κ3) is 3.13. The molecule has 2 aromatic rings. The number of aliphatic imine (C=N–C) groups is 1. The number of nitrogens with zero attached hydrogens (tertiary/aromatic N) is 1. The monoisotopic (exact) mass is 325 g/mol. The number of sulfone groups is 1. The minimum absolute atomic E-state index is 0.346. The van der Waals surface area contributed by atoms with E-state index in [2.05, 4.69) is 11.9 Å². The van der Waals surface area contributed by atoms with Gasteiger partial charge in [-0.25, -0.2) is 8.42 Å². The van der Waals surface area contributed by atoms with E-state index in [0.29, 0.717) is 15.4 Å². The summed E-state index contributed by atoms with van der Waals surface area (Å²) in [6.45, 7) is 2.89. The zero-order chi connectivity index (χ0) is 16.3. The Hall–Kier alpha value is -2.20. The highest BCUT2D eigenvalue weighted by Crippen LogP contribution is 2.32. The molecule has 0 atom stereocenters. The lowest BCUT2D eigenvalue weighted by atomic mass is 10.1. The Morgan fingerprint density at radius 3 is 2.52 bits per heavy atom. The molecule has 0 N–H and O–H groups in total. The van der Waals surface area contributed by atoms with Crippen molar-refractivity contribution in [3.8, 4) is 0 Å². The Morgan fingerprint density at radius 1 is 1.00 bits per heavy atom. The molecule has 1 heterocycles. The molecule has 118 valence electrons. The molecule has 0 aliphatic carbocycles. The van der Waals surface area contributed by atoms with E-state index in [9.17, 15) is 8.42 Å². The number of fused-ring (bicyclic) bond motifs is 2. The Bertz CT molecular complexity index is 880. The molecule has 0 aromatic heterocycles. The van der Waals surface area contributed by atoms with Crippen molar-refractivity contribution in [3.63, 3.8) is 0 Å². The van der Waals surface area contributed by atoms with E-state index in [-0.39, 0.29) is 0 Å². The fraction of sp³-hybridized carbons (Fsp3) is 0.211. The zero-order valence-corrected chi connectivity index (χ0v) is 13.9. The van der Waals surface area contributed by atoms with E-state index in [1.165, 1.54) is 0 Å². The van der Waals surface area contributed by atoms with E-state index in [4.69, 9.17) is 0 Å². The third-order valence-corrected chi connectivity index (χ3v) is 5.74. The van der Waals surface area contributed by atoms with Crippen LogP contribution in [0.4, 0.5) is 0 Å². The van der Waals surface area contributed by atoms with E-state index < -0.39 is 9.84 Å². The van der Waals surface area contributed by atoms with Gasteiger partial charge in [-0.05, 0) is 35.2 Å². The van der Waals surface area contributed by atoms with E-state index in [1.54, 1.807) is 24.4 Å².